The summed E-state index contributed by atoms with van der Waals surface area (Å²) in [5.74, 6) is 3.98. The van der Waals surface area contributed by atoms with Gasteiger partial charge in [-0.1, -0.05) is 0 Å². The van der Waals surface area contributed by atoms with Crippen molar-refractivity contribution in [2.75, 3.05) is 0 Å². The number of carbonyl (C=O) groups excluding carboxylic acids is 2. The Hall–Kier alpha value is -3.33. The number of hydrogen-bond acceptors (Lipinski definition) is 6. The fourth-order valence-corrected chi connectivity index (χ4v) is 2.76. The van der Waals surface area contributed by atoms with Crippen LogP contribution in [0, 0.1) is 10.1 Å². The Bertz CT molecular complexity index is 892. The van der Waals surface area contributed by atoms with Crippen LogP contribution in [0.15, 0.2) is 36.5 Å². The van der Waals surface area contributed by atoms with Crippen molar-refractivity contribution in [1.82, 2.24) is 10.4 Å². The number of nitrogen functional groups attached to an aromatic ring is 1. The van der Waals surface area contributed by atoms with Crippen LogP contribution in [0.2, 0.25) is 0 Å². The van der Waals surface area contributed by atoms with Crippen LogP contribution in [0.1, 0.15) is 28.9 Å². The summed E-state index contributed by atoms with van der Waals surface area (Å²) in [7, 11) is 0. The third kappa shape index (κ3) is 2.81. The third-order valence-corrected chi connectivity index (χ3v) is 4.37. The number of rotatable bonds is 5. The van der Waals surface area contributed by atoms with Crippen LogP contribution >= 0.6 is 0 Å². The van der Waals surface area contributed by atoms with E-state index in [1.165, 1.54) is 18.3 Å². The number of nitrogens with one attached hydrogen (secondary N) is 1. The number of hydrazine groups is 1. The molecule has 5 N–H and O–H groups in total. The van der Waals surface area contributed by atoms with Crippen LogP contribution < -0.4 is 17.0 Å². The molecule has 0 radical (unpaired) electrons. The minimum Gasteiger partial charge on any atom is -0.369 e. The van der Waals surface area contributed by atoms with Crippen molar-refractivity contribution in [1.29, 1.82) is 0 Å². The maximum Gasteiger partial charge on any atom is 0.277 e. The van der Waals surface area contributed by atoms with Gasteiger partial charge in [-0.15, -0.1) is 0 Å². The van der Waals surface area contributed by atoms with E-state index in [9.17, 15) is 19.7 Å². The first-order valence-electron chi connectivity index (χ1n) is 7.45. The van der Waals surface area contributed by atoms with E-state index in [4.69, 9.17) is 11.6 Å². The van der Waals surface area contributed by atoms with Gasteiger partial charge in [0.15, 0.2) is 0 Å². The number of benzene rings is 1. The standard InChI is InChI=1S/C16H15N5O4/c17-15(23)16(4-5-16)13-8-9(3-6-19-13)11-2-1-10(14(22)20-18)7-12(11)21(24)25/h1-3,6-8H,4-5,18H2,(H2,17,23)(H,20,22). The first-order valence-corrected chi connectivity index (χ1v) is 7.45. The van der Waals surface area contributed by atoms with Gasteiger partial charge >= 0.3 is 0 Å². The number of nitro groups is 1. The topological polar surface area (TPSA) is 154 Å². The van der Waals surface area contributed by atoms with Gasteiger partial charge in [0, 0.05) is 17.8 Å². The molecule has 9 nitrogen and oxygen atoms in total. The van der Waals surface area contributed by atoms with E-state index in [1.807, 2.05) is 5.43 Å². The van der Waals surface area contributed by atoms with Gasteiger partial charge in [0.25, 0.3) is 11.6 Å². The molecule has 1 aromatic carbocycles. The number of nitrogens with two attached hydrogens (primary N) is 2. The van der Waals surface area contributed by atoms with E-state index >= 15 is 0 Å². The van der Waals surface area contributed by atoms with E-state index in [0.717, 1.165) is 6.07 Å². The van der Waals surface area contributed by atoms with Gasteiger partial charge in [-0.3, -0.25) is 30.1 Å². The molecule has 2 aromatic rings. The summed E-state index contributed by atoms with van der Waals surface area (Å²) in [4.78, 5) is 38.3. The minimum absolute atomic E-state index is 0.0722. The number of hydrogen-bond donors (Lipinski definition) is 3. The lowest BCUT2D eigenvalue weighted by Crippen LogP contribution is -2.30. The number of nitro benzene ring substituents is 1. The SMILES string of the molecule is NNC(=O)c1ccc(-c2ccnc(C3(C(N)=O)CC3)c2)c([N+](=O)[O-])c1. The maximum absolute atomic E-state index is 11.7. The lowest BCUT2D eigenvalue weighted by Gasteiger charge is -2.12. The molecule has 1 aliphatic rings. The van der Waals surface area contributed by atoms with Gasteiger partial charge < -0.3 is 5.73 Å². The summed E-state index contributed by atoms with van der Waals surface area (Å²) in [5.41, 5.74) is 7.75. The Morgan fingerprint density at radius 1 is 1.24 bits per heavy atom. The Balaban J connectivity index is 2.09. The van der Waals surface area contributed by atoms with Crippen LogP contribution in [0.4, 0.5) is 5.69 Å². The summed E-state index contributed by atoms with van der Waals surface area (Å²) in [6.45, 7) is 0. The van der Waals surface area contributed by atoms with Crippen molar-refractivity contribution in [2.24, 2.45) is 11.6 Å². The number of nitrogens with zero attached hydrogens (tertiary/aromatic N) is 2. The molecule has 128 valence electrons. The summed E-state index contributed by atoms with van der Waals surface area (Å²) < 4.78 is 0. The maximum atomic E-state index is 11.7. The van der Waals surface area contributed by atoms with Crippen LogP contribution in [-0.2, 0) is 10.2 Å². The first kappa shape index (κ1) is 16.5. The summed E-state index contributed by atoms with van der Waals surface area (Å²) in [6, 6.07) is 7.28. The highest BCUT2D eigenvalue weighted by atomic mass is 16.6. The van der Waals surface area contributed by atoms with Crippen molar-refractivity contribution >= 4 is 17.5 Å². The average molecular weight is 341 g/mol. The van der Waals surface area contributed by atoms with E-state index in [2.05, 4.69) is 4.98 Å². The van der Waals surface area contributed by atoms with Gasteiger partial charge in [-0.2, -0.15) is 0 Å². The second-order valence-corrected chi connectivity index (χ2v) is 5.84. The van der Waals surface area contributed by atoms with Crippen molar-refractivity contribution in [3.63, 3.8) is 0 Å². The molecule has 9 heteroatoms. The van der Waals surface area contributed by atoms with Crippen LogP contribution in [0.25, 0.3) is 11.1 Å². The van der Waals surface area contributed by atoms with Crippen LogP contribution in [0.5, 0.6) is 0 Å². The van der Waals surface area contributed by atoms with E-state index in [-0.39, 0.29) is 11.3 Å². The second kappa shape index (κ2) is 5.95. The highest BCUT2D eigenvalue weighted by Gasteiger charge is 2.51. The average Bonchev–Trinajstić information content (AvgIpc) is 3.42. The zero-order valence-corrected chi connectivity index (χ0v) is 13.1. The molecule has 0 spiro atoms. The predicted octanol–water partition coefficient (Wildman–Crippen LogP) is 0.777. The lowest BCUT2D eigenvalue weighted by atomic mass is 9.96. The number of carbonyl (C=O) groups is 2. The van der Waals surface area contributed by atoms with Gasteiger partial charge in [0.05, 0.1) is 21.6 Å². The lowest BCUT2D eigenvalue weighted by molar-refractivity contribution is -0.384. The molecule has 25 heavy (non-hydrogen) atoms. The molecule has 0 unspecified atom stereocenters. The van der Waals surface area contributed by atoms with E-state index in [1.54, 1.807) is 12.1 Å². The summed E-state index contributed by atoms with van der Waals surface area (Å²) in [6.07, 6.45) is 2.70. The zero-order chi connectivity index (χ0) is 18.2. The minimum atomic E-state index is -0.788. The molecule has 1 aliphatic carbocycles. The number of primary amides is 1. The Morgan fingerprint density at radius 2 is 1.96 bits per heavy atom. The molecule has 3 rings (SSSR count). The smallest absolute Gasteiger partial charge is 0.277 e. The molecule has 0 saturated heterocycles. The molecule has 1 fully saturated rings. The molecular formula is C16H15N5O4. The molecule has 2 amide bonds. The fourth-order valence-electron chi connectivity index (χ4n) is 2.76. The molecule has 1 heterocycles. The molecule has 0 aliphatic heterocycles. The Morgan fingerprint density at radius 3 is 2.52 bits per heavy atom. The van der Waals surface area contributed by atoms with Crippen molar-refractivity contribution in [3.05, 3.63) is 57.9 Å². The summed E-state index contributed by atoms with van der Waals surface area (Å²) in [5, 5.41) is 11.4. The van der Waals surface area contributed by atoms with Gasteiger partial charge in [0.1, 0.15) is 0 Å². The first-order chi connectivity index (χ1) is 11.9. The number of aromatic nitrogens is 1. The van der Waals surface area contributed by atoms with Gasteiger partial charge in [0.2, 0.25) is 5.91 Å². The fraction of sp³-hybridized carbons (Fsp3) is 0.188. The van der Waals surface area contributed by atoms with Crippen LogP contribution in [0.3, 0.4) is 0 Å². The zero-order valence-electron chi connectivity index (χ0n) is 13.1. The molecular weight excluding hydrogens is 326 g/mol. The normalized spacial score (nSPS) is 14.6. The number of pyridine rings is 1. The third-order valence-electron chi connectivity index (χ3n) is 4.37. The molecule has 1 aromatic heterocycles. The van der Waals surface area contributed by atoms with Crippen molar-refractivity contribution in [2.45, 2.75) is 18.3 Å². The van der Waals surface area contributed by atoms with Crippen LogP contribution in [-0.4, -0.2) is 21.7 Å². The van der Waals surface area contributed by atoms with E-state index < -0.39 is 22.2 Å². The molecule has 1 saturated carbocycles. The van der Waals surface area contributed by atoms with Crippen molar-refractivity contribution < 1.29 is 14.5 Å². The quantitative estimate of drug-likeness (QED) is 0.316. The largest absolute Gasteiger partial charge is 0.369 e. The highest BCUT2D eigenvalue weighted by Crippen LogP contribution is 2.47. The second-order valence-electron chi connectivity index (χ2n) is 5.84. The van der Waals surface area contributed by atoms with Gasteiger partial charge in [-0.05, 0) is 42.7 Å². The molecule has 0 bridgehead atoms. The number of amides is 2. The summed E-state index contributed by atoms with van der Waals surface area (Å²) >= 11 is 0. The monoisotopic (exact) mass is 341 g/mol. The predicted molar refractivity (Wildman–Crippen MR) is 88.1 cm³/mol. The van der Waals surface area contributed by atoms with Gasteiger partial charge in [-0.25, -0.2) is 5.84 Å². The Labute approximate surface area is 142 Å². The molecule has 0 atom stereocenters. The Kier molecular flexibility index (Phi) is 3.93. The highest BCUT2D eigenvalue weighted by molar-refractivity contribution is 5.96. The van der Waals surface area contributed by atoms with E-state index in [0.29, 0.717) is 29.7 Å². The van der Waals surface area contributed by atoms with Crippen molar-refractivity contribution in [3.8, 4) is 11.1 Å².